The third-order valence-electron chi connectivity index (χ3n) is 3.98. The lowest BCUT2D eigenvalue weighted by molar-refractivity contribution is 0.471. The molecule has 0 aliphatic carbocycles. The van der Waals surface area contributed by atoms with E-state index in [0.29, 0.717) is 5.92 Å². The molecule has 2 nitrogen and oxygen atoms in total. The Hall–Kier alpha value is -1.02. The van der Waals surface area contributed by atoms with Crippen molar-refractivity contribution in [2.45, 2.75) is 53.1 Å². The van der Waals surface area contributed by atoms with Gasteiger partial charge in [-0.15, -0.1) is 0 Å². The van der Waals surface area contributed by atoms with E-state index in [2.05, 4.69) is 76.1 Å². The van der Waals surface area contributed by atoms with Crippen LogP contribution in [0.1, 0.15) is 46.6 Å². The Morgan fingerprint density at radius 1 is 1.16 bits per heavy atom. The van der Waals surface area contributed by atoms with Crippen LogP contribution in [0.5, 0.6) is 0 Å². The van der Waals surface area contributed by atoms with Gasteiger partial charge in [-0.1, -0.05) is 32.9 Å². The summed E-state index contributed by atoms with van der Waals surface area (Å²) in [6.45, 7) is 13.3. The highest BCUT2D eigenvalue weighted by Gasteiger charge is 2.21. The predicted molar refractivity (Wildman–Crippen MR) is 85.8 cm³/mol. The highest BCUT2D eigenvalue weighted by Crippen LogP contribution is 2.24. The SMILES string of the molecule is CCC(C)(C)N(C)c1ccc(CNCC(C)C)cc1. The molecule has 1 aromatic carbocycles. The summed E-state index contributed by atoms with van der Waals surface area (Å²) < 4.78 is 0. The molecule has 0 fully saturated rings. The van der Waals surface area contributed by atoms with Crippen molar-refractivity contribution in [2.75, 3.05) is 18.5 Å². The number of hydrogen-bond acceptors (Lipinski definition) is 2. The second kappa shape index (κ2) is 6.95. The van der Waals surface area contributed by atoms with Crippen LogP contribution in [0.3, 0.4) is 0 Å². The van der Waals surface area contributed by atoms with Gasteiger partial charge in [-0.2, -0.15) is 0 Å². The maximum absolute atomic E-state index is 3.48. The van der Waals surface area contributed by atoms with Crippen LogP contribution in [0, 0.1) is 5.92 Å². The summed E-state index contributed by atoms with van der Waals surface area (Å²) in [5.41, 5.74) is 2.85. The van der Waals surface area contributed by atoms with Crippen molar-refractivity contribution in [1.82, 2.24) is 5.32 Å². The Morgan fingerprint density at radius 2 is 1.74 bits per heavy atom. The summed E-state index contributed by atoms with van der Waals surface area (Å²) >= 11 is 0. The van der Waals surface area contributed by atoms with Crippen LogP contribution in [0.4, 0.5) is 5.69 Å². The molecular weight excluding hydrogens is 232 g/mol. The Bertz CT molecular complexity index is 365. The normalized spacial score (nSPS) is 11.9. The number of nitrogens with one attached hydrogen (secondary N) is 1. The summed E-state index contributed by atoms with van der Waals surface area (Å²) in [5.74, 6) is 0.704. The Balaban J connectivity index is 2.61. The van der Waals surface area contributed by atoms with E-state index in [1.807, 2.05) is 0 Å². The Morgan fingerprint density at radius 3 is 2.21 bits per heavy atom. The molecule has 0 aliphatic heterocycles. The highest BCUT2D eigenvalue weighted by molar-refractivity contribution is 5.49. The van der Waals surface area contributed by atoms with Crippen molar-refractivity contribution in [3.63, 3.8) is 0 Å². The lowest BCUT2D eigenvalue weighted by Crippen LogP contribution is -2.40. The molecule has 0 aliphatic rings. The van der Waals surface area contributed by atoms with Gasteiger partial charge in [-0.25, -0.2) is 0 Å². The van der Waals surface area contributed by atoms with E-state index in [9.17, 15) is 0 Å². The third-order valence-corrected chi connectivity index (χ3v) is 3.98. The standard InChI is InChI=1S/C17H30N2/c1-7-17(4,5)19(6)16-10-8-15(9-11-16)13-18-12-14(2)3/h8-11,14,18H,7,12-13H2,1-6H3. The molecule has 0 spiro atoms. The summed E-state index contributed by atoms with van der Waals surface area (Å²) in [4.78, 5) is 2.36. The molecule has 0 saturated carbocycles. The van der Waals surface area contributed by atoms with Gasteiger partial charge in [0, 0.05) is 24.8 Å². The zero-order valence-electron chi connectivity index (χ0n) is 13.5. The van der Waals surface area contributed by atoms with Gasteiger partial charge in [-0.05, 0) is 50.4 Å². The van der Waals surface area contributed by atoms with Crippen molar-refractivity contribution in [1.29, 1.82) is 0 Å². The number of rotatable bonds is 7. The average Bonchev–Trinajstić information content (AvgIpc) is 2.38. The first-order valence-electron chi connectivity index (χ1n) is 7.40. The predicted octanol–water partition coefficient (Wildman–Crippen LogP) is 4.06. The molecule has 1 N–H and O–H groups in total. The van der Waals surface area contributed by atoms with E-state index in [0.717, 1.165) is 19.5 Å². The van der Waals surface area contributed by atoms with Crippen molar-refractivity contribution < 1.29 is 0 Å². The third kappa shape index (κ3) is 4.87. The van der Waals surface area contributed by atoms with E-state index in [1.165, 1.54) is 11.3 Å². The van der Waals surface area contributed by atoms with Crippen LogP contribution < -0.4 is 10.2 Å². The molecule has 0 heterocycles. The van der Waals surface area contributed by atoms with E-state index in [-0.39, 0.29) is 5.54 Å². The minimum atomic E-state index is 0.206. The Labute approximate surface area is 119 Å². The molecule has 0 aromatic heterocycles. The molecule has 1 aromatic rings. The average molecular weight is 262 g/mol. The van der Waals surface area contributed by atoms with E-state index < -0.39 is 0 Å². The van der Waals surface area contributed by atoms with Crippen LogP contribution in [0.2, 0.25) is 0 Å². The Kier molecular flexibility index (Phi) is 5.86. The molecule has 0 radical (unpaired) electrons. The second-order valence-electron chi connectivity index (χ2n) is 6.42. The van der Waals surface area contributed by atoms with Crippen molar-refractivity contribution >= 4 is 5.69 Å². The number of hydrogen-bond donors (Lipinski definition) is 1. The number of anilines is 1. The molecular formula is C17H30N2. The van der Waals surface area contributed by atoms with E-state index in [1.54, 1.807) is 0 Å². The maximum Gasteiger partial charge on any atom is 0.0368 e. The van der Waals surface area contributed by atoms with Gasteiger partial charge in [0.25, 0.3) is 0 Å². The fraction of sp³-hybridized carbons (Fsp3) is 0.647. The zero-order valence-corrected chi connectivity index (χ0v) is 13.5. The van der Waals surface area contributed by atoms with Crippen LogP contribution in [-0.2, 0) is 6.54 Å². The lowest BCUT2D eigenvalue weighted by atomic mass is 9.99. The molecule has 108 valence electrons. The van der Waals surface area contributed by atoms with Crippen molar-refractivity contribution in [3.05, 3.63) is 29.8 Å². The van der Waals surface area contributed by atoms with Crippen LogP contribution in [0.25, 0.3) is 0 Å². The molecule has 19 heavy (non-hydrogen) atoms. The highest BCUT2D eigenvalue weighted by atomic mass is 15.2. The first-order chi connectivity index (χ1) is 8.86. The van der Waals surface area contributed by atoms with E-state index >= 15 is 0 Å². The van der Waals surface area contributed by atoms with E-state index in [4.69, 9.17) is 0 Å². The van der Waals surface area contributed by atoms with Crippen molar-refractivity contribution in [3.8, 4) is 0 Å². The molecule has 0 unspecified atom stereocenters. The minimum Gasteiger partial charge on any atom is -0.369 e. The van der Waals surface area contributed by atoms with Gasteiger partial charge < -0.3 is 10.2 Å². The fourth-order valence-corrected chi connectivity index (χ4v) is 1.93. The monoisotopic (exact) mass is 262 g/mol. The summed E-state index contributed by atoms with van der Waals surface area (Å²) in [5, 5.41) is 3.48. The molecule has 0 bridgehead atoms. The van der Waals surface area contributed by atoms with Gasteiger partial charge in [-0.3, -0.25) is 0 Å². The fourth-order valence-electron chi connectivity index (χ4n) is 1.93. The van der Waals surface area contributed by atoms with Gasteiger partial charge in [0.1, 0.15) is 0 Å². The first kappa shape index (κ1) is 16.0. The second-order valence-corrected chi connectivity index (χ2v) is 6.42. The molecule has 0 atom stereocenters. The summed E-state index contributed by atoms with van der Waals surface area (Å²) in [6, 6.07) is 8.91. The summed E-state index contributed by atoms with van der Waals surface area (Å²) in [6.07, 6.45) is 1.14. The smallest absolute Gasteiger partial charge is 0.0368 e. The van der Waals surface area contributed by atoms with Crippen LogP contribution in [-0.4, -0.2) is 19.1 Å². The molecule has 0 saturated heterocycles. The first-order valence-corrected chi connectivity index (χ1v) is 7.40. The molecule has 2 heteroatoms. The zero-order chi connectivity index (χ0) is 14.5. The molecule has 0 amide bonds. The summed E-state index contributed by atoms with van der Waals surface area (Å²) in [7, 11) is 2.18. The maximum atomic E-state index is 3.48. The topological polar surface area (TPSA) is 15.3 Å². The van der Waals surface area contributed by atoms with Gasteiger partial charge in [0.2, 0.25) is 0 Å². The molecule has 1 rings (SSSR count). The van der Waals surface area contributed by atoms with Crippen LogP contribution >= 0.6 is 0 Å². The van der Waals surface area contributed by atoms with Gasteiger partial charge in [0.15, 0.2) is 0 Å². The quantitative estimate of drug-likeness (QED) is 0.797. The number of nitrogens with zero attached hydrogens (tertiary/aromatic N) is 1. The van der Waals surface area contributed by atoms with Crippen LogP contribution in [0.15, 0.2) is 24.3 Å². The van der Waals surface area contributed by atoms with Gasteiger partial charge >= 0.3 is 0 Å². The minimum absolute atomic E-state index is 0.206. The lowest BCUT2D eigenvalue weighted by Gasteiger charge is -2.36. The largest absolute Gasteiger partial charge is 0.369 e. The van der Waals surface area contributed by atoms with Crippen molar-refractivity contribution in [2.24, 2.45) is 5.92 Å². The number of benzene rings is 1. The van der Waals surface area contributed by atoms with Gasteiger partial charge in [0.05, 0.1) is 0 Å².